The van der Waals surface area contributed by atoms with Crippen LogP contribution < -0.4 is 16.3 Å². The van der Waals surface area contributed by atoms with Crippen molar-refractivity contribution in [3.63, 3.8) is 0 Å². The van der Waals surface area contributed by atoms with Gasteiger partial charge in [0.1, 0.15) is 0 Å². The summed E-state index contributed by atoms with van der Waals surface area (Å²) in [5, 5.41) is 14.1. The van der Waals surface area contributed by atoms with Crippen LogP contribution in [0.2, 0.25) is 0 Å². The van der Waals surface area contributed by atoms with Gasteiger partial charge in [-0.15, -0.1) is 0 Å². The topological polar surface area (TPSA) is 106 Å². The first-order chi connectivity index (χ1) is 16.2. The molecule has 2 aromatic heterocycles. The van der Waals surface area contributed by atoms with Crippen LogP contribution in [-0.4, -0.2) is 58.8 Å². The van der Waals surface area contributed by atoms with Gasteiger partial charge in [-0.2, -0.15) is 14.3 Å². The fourth-order valence-electron chi connectivity index (χ4n) is 5.35. The van der Waals surface area contributed by atoms with Gasteiger partial charge in [0, 0.05) is 30.4 Å². The largest absolute Gasteiger partial charge is 0.368 e. The van der Waals surface area contributed by atoms with Crippen molar-refractivity contribution in [1.82, 2.24) is 34.7 Å². The molecule has 34 heavy (non-hydrogen) atoms. The highest BCUT2D eigenvalue weighted by molar-refractivity contribution is 5.60. The molecular formula is C23H30FN9O. The summed E-state index contributed by atoms with van der Waals surface area (Å²) in [6.07, 6.45) is 5.48. The van der Waals surface area contributed by atoms with Gasteiger partial charge in [0.05, 0.1) is 11.9 Å². The fourth-order valence-corrected chi connectivity index (χ4v) is 5.35. The second kappa shape index (κ2) is 8.46. The van der Waals surface area contributed by atoms with Gasteiger partial charge in [0.15, 0.2) is 11.6 Å². The number of anilines is 3. The molecule has 0 unspecified atom stereocenters. The molecule has 0 amide bonds. The van der Waals surface area contributed by atoms with Gasteiger partial charge in [0.2, 0.25) is 5.95 Å². The second-order valence-electron chi connectivity index (χ2n) is 9.90. The minimum absolute atomic E-state index is 0.0678. The molecule has 11 heteroatoms. The van der Waals surface area contributed by atoms with E-state index in [1.54, 1.807) is 13.1 Å². The Morgan fingerprint density at radius 1 is 1.24 bits per heavy atom. The van der Waals surface area contributed by atoms with Gasteiger partial charge in [-0.25, -0.2) is 14.2 Å². The number of nitrogens with one attached hydrogen (secondary N) is 2. The van der Waals surface area contributed by atoms with Gasteiger partial charge in [-0.1, -0.05) is 6.07 Å². The molecule has 0 aliphatic carbocycles. The van der Waals surface area contributed by atoms with E-state index >= 15 is 0 Å². The van der Waals surface area contributed by atoms with Crippen LogP contribution in [0.15, 0.2) is 29.2 Å². The van der Waals surface area contributed by atoms with Crippen molar-refractivity contribution < 1.29 is 4.39 Å². The fraction of sp³-hybridized carbons (Fsp3) is 0.522. The minimum atomic E-state index is -0.479. The first-order valence-electron chi connectivity index (χ1n) is 11.6. The first-order valence-corrected chi connectivity index (χ1v) is 11.6. The number of rotatable bonds is 5. The maximum Gasteiger partial charge on any atom is 0.368 e. The Morgan fingerprint density at radius 3 is 2.82 bits per heavy atom. The summed E-state index contributed by atoms with van der Waals surface area (Å²) < 4.78 is 17.0. The van der Waals surface area contributed by atoms with Crippen LogP contribution in [0.25, 0.3) is 5.69 Å². The predicted octanol–water partition coefficient (Wildman–Crippen LogP) is 2.76. The highest BCUT2D eigenvalue weighted by atomic mass is 19.1. The molecule has 4 heterocycles. The molecule has 0 bridgehead atoms. The summed E-state index contributed by atoms with van der Waals surface area (Å²) in [6.45, 7) is 7.55. The Morgan fingerprint density at radius 2 is 2.06 bits per heavy atom. The van der Waals surface area contributed by atoms with Crippen molar-refractivity contribution in [2.24, 2.45) is 7.05 Å². The molecule has 0 radical (unpaired) electrons. The molecule has 0 spiro atoms. The quantitative estimate of drug-likeness (QED) is 0.590. The number of tetrazole rings is 1. The van der Waals surface area contributed by atoms with Crippen LogP contribution in [0.1, 0.15) is 45.1 Å². The molecule has 180 valence electrons. The Hall–Kier alpha value is -3.34. The molecule has 2 aliphatic rings. The smallest absolute Gasteiger partial charge is 0.365 e. The molecular weight excluding hydrogens is 437 g/mol. The molecule has 2 N–H and O–H groups in total. The molecule has 10 nitrogen and oxygen atoms in total. The zero-order chi connectivity index (χ0) is 24.0. The Bertz CT molecular complexity index is 1270. The van der Waals surface area contributed by atoms with Crippen molar-refractivity contribution in [3.8, 4) is 5.69 Å². The number of hydrogen-bond donors (Lipinski definition) is 2. The zero-order valence-electron chi connectivity index (χ0n) is 19.9. The average Bonchev–Trinajstić information content (AvgIpc) is 3.39. The van der Waals surface area contributed by atoms with Crippen molar-refractivity contribution in [1.29, 1.82) is 0 Å². The molecule has 2 fully saturated rings. The number of nitrogens with zero attached hydrogens (tertiary/aromatic N) is 7. The van der Waals surface area contributed by atoms with E-state index in [2.05, 4.69) is 49.8 Å². The summed E-state index contributed by atoms with van der Waals surface area (Å²) in [5.41, 5.74) is 1.82. The molecule has 3 aromatic rings. The van der Waals surface area contributed by atoms with Gasteiger partial charge in [-0.3, -0.25) is 4.90 Å². The lowest BCUT2D eigenvalue weighted by Crippen LogP contribution is -2.55. The summed E-state index contributed by atoms with van der Waals surface area (Å²) in [4.78, 5) is 23.4. The van der Waals surface area contributed by atoms with E-state index in [0.717, 1.165) is 29.6 Å². The third-order valence-electron chi connectivity index (χ3n) is 6.96. The van der Waals surface area contributed by atoms with E-state index in [1.165, 1.54) is 23.7 Å². The molecule has 2 saturated heterocycles. The lowest BCUT2D eigenvalue weighted by molar-refractivity contribution is 0.0500. The van der Waals surface area contributed by atoms with Gasteiger partial charge in [-0.05, 0) is 81.1 Å². The maximum absolute atomic E-state index is 14.6. The van der Waals surface area contributed by atoms with Gasteiger partial charge >= 0.3 is 5.69 Å². The molecule has 2 aliphatic heterocycles. The number of benzene rings is 1. The van der Waals surface area contributed by atoms with E-state index in [0.29, 0.717) is 17.4 Å². The highest BCUT2D eigenvalue weighted by Gasteiger charge is 2.43. The van der Waals surface area contributed by atoms with Crippen molar-refractivity contribution in [2.75, 3.05) is 17.2 Å². The second-order valence-corrected chi connectivity index (χ2v) is 9.90. The number of piperidine rings is 1. The van der Waals surface area contributed by atoms with Crippen molar-refractivity contribution in [2.45, 2.75) is 64.1 Å². The first kappa shape index (κ1) is 22.5. The number of hydrogen-bond acceptors (Lipinski definition) is 8. The lowest BCUT2D eigenvalue weighted by Gasteiger charge is -2.47. The van der Waals surface area contributed by atoms with E-state index in [-0.39, 0.29) is 29.0 Å². The van der Waals surface area contributed by atoms with E-state index < -0.39 is 5.82 Å². The standard InChI is InChI=1S/C23H30FN9O/c1-14-7-8-15(11-19(14)33-22(34)31(4)29-30-33)27-21-25-13-18(24)20(28-21)26-16-10-17-6-5-9-32(17)23(2,3)12-16/h7-8,11,13,16-17H,5-6,9-10,12H2,1-4H3,(H2,25,26,27,28)/t16-,17+/m1/s1. The molecule has 5 rings (SSSR count). The van der Waals surface area contributed by atoms with E-state index in [1.807, 2.05) is 19.1 Å². The SMILES string of the molecule is Cc1ccc(Nc2ncc(F)c(N[C@@H]3C[C@@H]4CCCN4C(C)(C)C3)n2)cc1-n1nnn(C)c1=O. The monoisotopic (exact) mass is 467 g/mol. The summed E-state index contributed by atoms with van der Waals surface area (Å²) in [7, 11) is 1.54. The van der Waals surface area contributed by atoms with Gasteiger partial charge < -0.3 is 10.6 Å². The molecule has 2 atom stereocenters. The van der Waals surface area contributed by atoms with Crippen molar-refractivity contribution in [3.05, 3.63) is 46.3 Å². The third-order valence-corrected chi connectivity index (χ3v) is 6.96. The average molecular weight is 468 g/mol. The Balaban J connectivity index is 1.36. The van der Waals surface area contributed by atoms with Crippen LogP contribution in [0.4, 0.5) is 21.8 Å². The summed E-state index contributed by atoms with van der Waals surface area (Å²) in [5.74, 6) is -0.0158. The van der Waals surface area contributed by atoms with E-state index in [9.17, 15) is 9.18 Å². The van der Waals surface area contributed by atoms with Crippen LogP contribution in [0.5, 0.6) is 0 Å². The number of aryl methyl sites for hydroxylation is 2. The van der Waals surface area contributed by atoms with Crippen molar-refractivity contribution >= 4 is 17.5 Å². The number of fused-ring (bicyclic) bond motifs is 1. The minimum Gasteiger partial charge on any atom is -0.365 e. The lowest BCUT2D eigenvalue weighted by atomic mass is 9.84. The Labute approximate surface area is 197 Å². The van der Waals surface area contributed by atoms with Crippen LogP contribution in [0.3, 0.4) is 0 Å². The highest BCUT2D eigenvalue weighted by Crippen LogP contribution is 2.38. The summed E-state index contributed by atoms with van der Waals surface area (Å²) >= 11 is 0. The third kappa shape index (κ3) is 4.15. The number of halogens is 1. The van der Waals surface area contributed by atoms with Crippen LogP contribution in [0, 0.1) is 12.7 Å². The normalized spacial score (nSPS) is 21.9. The molecule has 1 aromatic carbocycles. The van der Waals surface area contributed by atoms with E-state index in [4.69, 9.17) is 0 Å². The Kier molecular flexibility index (Phi) is 5.59. The zero-order valence-corrected chi connectivity index (χ0v) is 19.9. The maximum atomic E-state index is 14.6. The number of aromatic nitrogens is 6. The predicted molar refractivity (Wildman–Crippen MR) is 127 cm³/mol. The summed E-state index contributed by atoms with van der Waals surface area (Å²) in [6, 6.07) is 6.14. The van der Waals surface area contributed by atoms with Crippen LogP contribution >= 0.6 is 0 Å². The van der Waals surface area contributed by atoms with Gasteiger partial charge in [0.25, 0.3) is 0 Å². The molecule has 0 saturated carbocycles. The van der Waals surface area contributed by atoms with Crippen LogP contribution in [-0.2, 0) is 7.05 Å².